The minimum Gasteiger partial charge on any atom is -0.549 e. The molecule has 0 fully saturated rings. The zero-order chi connectivity index (χ0) is 16.0. The van der Waals surface area contributed by atoms with Crippen molar-refractivity contribution in [1.82, 2.24) is 0 Å². The average Bonchev–Trinajstić information content (AvgIpc) is 2.47. The molecule has 0 aliphatic heterocycles. The van der Waals surface area contributed by atoms with Gasteiger partial charge in [0.1, 0.15) is 0 Å². The van der Waals surface area contributed by atoms with Crippen LogP contribution in [0.3, 0.4) is 0 Å². The molecule has 22 heavy (non-hydrogen) atoms. The summed E-state index contributed by atoms with van der Waals surface area (Å²) in [5.74, 6) is -2.42. The summed E-state index contributed by atoms with van der Waals surface area (Å²) in [6.07, 6.45) is 0. The van der Waals surface area contributed by atoms with Crippen molar-refractivity contribution < 1.29 is 27.5 Å². The molecule has 8 heteroatoms. The number of rotatable bonds is 7. The number of carboxylic acids is 1. The van der Waals surface area contributed by atoms with Gasteiger partial charge in [-0.2, -0.15) is 0 Å². The summed E-state index contributed by atoms with van der Waals surface area (Å²) >= 11 is 1.01. The van der Waals surface area contributed by atoms with Gasteiger partial charge in [-0.15, -0.1) is 4.33 Å². The van der Waals surface area contributed by atoms with Gasteiger partial charge in [0.05, 0.1) is 28.7 Å². The molecule has 2 aromatic carbocycles. The molecule has 0 spiro atoms. The zero-order valence-electron chi connectivity index (χ0n) is 11.2. The fourth-order valence-corrected chi connectivity index (χ4v) is 3.00. The Morgan fingerprint density at radius 2 is 1.68 bits per heavy atom. The highest BCUT2D eigenvalue weighted by molar-refractivity contribution is 7.94. The minimum atomic E-state index is -3.90. The van der Waals surface area contributed by atoms with Crippen LogP contribution in [0, 0.1) is 0 Å². The van der Waals surface area contributed by atoms with Gasteiger partial charge in [-0.05, 0) is 36.4 Å². The summed E-state index contributed by atoms with van der Waals surface area (Å²) < 4.78 is 28.3. The molecular formula is C14H11O6S2-. The molecule has 0 saturated heterocycles. The van der Waals surface area contributed by atoms with Gasteiger partial charge in [0.15, 0.2) is 15.6 Å². The molecule has 0 radical (unpaired) electrons. The van der Waals surface area contributed by atoms with E-state index in [2.05, 4.69) is 0 Å². The lowest BCUT2D eigenvalue weighted by Gasteiger charge is -2.06. The molecule has 0 amide bonds. The molecule has 0 saturated carbocycles. The van der Waals surface area contributed by atoms with Gasteiger partial charge < -0.3 is 14.8 Å². The Morgan fingerprint density at radius 3 is 2.27 bits per heavy atom. The van der Waals surface area contributed by atoms with E-state index in [0.717, 1.165) is 16.9 Å². The topological polar surface area (TPSA) is 92.7 Å². The number of benzene rings is 2. The number of carbonyl (C=O) groups excluding carboxylic acids is 1. The number of hydrogen-bond donors (Lipinski definition) is 0. The van der Waals surface area contributed by atoms with E-state index in [9.17, 15) is 18.3 Å². The second kappa shape index (κ2) is 7.30. The second-order valence-electron chi connectivity index (χ2n) is 4.15. The van der Waals surface area contributed by atoms with Crippen molar-refractivity contribution in [2.24, 2.45) is 0 Å². The molecule has 0 aliphatic carbocycles. The summed E-state index contributed by atoms with van der Waals surface area (Å²) in [6, 6.07) is 14.5. The minimum absolute atomic E-state index is 0.125. The van der Waals surface area contributed by atoms with Crippen molar-refractivity contribution in [3.63, 3.8) is 0 Å². The maximum atomic E-state index is 11.7. The third kappa shape index (κ3) is 4.76. The van der Waals surface area contributed by atoms with Crippen molar-refractivity contribution in [3.05, 3.63) is 54.6 Å². The Balaban J connectivity index is 1.93. The number of hydrogen-bond acceptors (Lipinski definition) is 7. The first kappa shape index (κ1) is 16.3. The lowest BCUT2D eigenvalue weighted by molar-refractivity contribution is -0.301. The molecule has 0 aromatic heterocycles. The van der Waals surface area contributed by atoms with E-state index in [1.807, 2.05) is 30.3 Å². The van der Waals surface area contributed by atoms with Crippen LogP contribution in [0.1, 0.15) is 0 Å². The van der Waals surface area contributed by atoms with Crippen molar-refractivity contribution >= 4 is 27.8 Å². The summed E-state index contributed by atoms with van der Waals surface area (Å²) in [4.78, 5) is 16.1. The van der Waals surface area contributed by atoms with Crippen molar-refractivity contribution in [1.29, 1.82) is 0 Å². The summed E-state index contributed by atoms with van der Waals surface area (Å²) in [5.41, 5.74) is 0. The van der Waals surface area contributed by atoms with E-state index in [-0.39, 0.29) is 10.6 Å². The van der Waals surface area contributed by atoms with Gasteiger partial charge in [-0.25, -0.2) is 8.42 Å². The second-order valence-corrected chi connectivity index (χ2v) is 6.91. The molecule has 0 unspecified atom stereocenters. The van der Waals surface area contributed by atoms with E-state index in [0.29, 0.717) is 0 Å². The largest absolute Gasteiger partial charge is 0.549 e. The normalized spacial score (nSPS) is 11.1. The molecule has 2 rings (SSSR count). The molecule has 0 atom stereocenters. The molecule has 2 aromatic rings. The number of sulfone groups is 1. The lowest BCUT2D eigenvalue weighted by atomic mass is 10.3. The molecule has 0 heterocycles. The average molecular weight is 339 g/mol. The van der Waals surface area contributed by atoms with Crippen molar-refractivity contribution in [2.75, 3.05) is 5.75 Å². The van der Waals surface area contributed by atoms with Crippen LogP contribution in [0.5, 0.6) is 5.75 Å². The van der Waals surface area contributed by atoms with Crippen LogP contribution in [-0.4, -0.2) is 20.1 Å². The lowest BCUT2D eigenvalue weighted by Crippen LogP contribution is -2.30. The van der Waals surface area contributed by atoms with E-state index in [4.69, 9.17) is 9.22 Å². The fraction of sp³-hybridized carbons (Fsp3) is 0.0714. The first-order valence-corrected chi connectivity index (χ1v) is 8.46. The van der Waals surface area contributed by atoms with Gasteiger partial charge in [0, 0.05) is 4.90 Å². The molecule has 116 valence electrons. The predicted octanol–water partition coefficient (Wildman–Crippen LogP) is 1.23. The summed E-state index contributed by atoms with van der Waals surface area (Å²) in [5, 5.41) is 10.4. The molecule has 6 nitrogen and oxygen atoms in total. The Hall–Kier alpha value is -2.03. The van der Waals surface area contributed by atoms with Crippen molar-refractivity contribution in [2.45, 2.75) is 9.79 Å². The Bertz CT molecular complexity index is 726. The quantitative estimate of drug-likeness (QED) is 0.425. The maximum Gasteiger partial charge on any atom is 0.183 e. The van der Waals surface area contributed by atoms with Crippen LogP contribution in [0.25, 0.3) is 0 Å². The summed E-state index contributed by atoms with van der Waals surface area (Å²) in [7, 11) is -3.90. The highest BCUT2D eigenvalue weighted by Crippen LogP contribution is 2.22. The van der Waals surface area contributed by atoms with E-state index in [1.54, 1.807) is 0 Å². The Labute approximate surface area is 131 Å². The highest BCUT2D eigenvalue weighted by atomic mass is 32.2. The van der Waals surface area contributed by atoms with Gasteiger partial charge in [-0.3, -0.25) is 0 Å². The fourth-order valence-electron chi connectivity index (χ4n) is 1.51. The highest BCUT2D eigenvalue weighted by Gasteiger charge is 2.14. The smallest absolute Gasteiger partial charge is 0.183 e. The zero-order valence-corrected chi connectivity index (χ0v) is 12.8. The molecular weight excluding hydrogens is 328 g/mol. The van der Waals surface area contributed by atoms with Crippen LogP contribution in [0.4, 0.5) is 0 Å². The van der Waals surface area contributed by atoms with E-state index < -0.39 is 21.6 Å². The first-order valence-electron chi connectivity index (χ1n) is 6.06. The monoisotopic (exact) mass is 339 g/mol. The standard InChI is InChI=1S/C14H12O6S2/c15-14(16)10-22(17,18)13-8-6-11(7-9-13)19-20-21-12-4-2-1-3-5-12/h1-9H,10H2,(H,15,16)/p-1. The van der Waals surface area contributed by atoms with Crippen LogP contribution < -0.4 is 9.99 Å². The van der Waals surface area contributed by atoms with Crippen molar-refractivity contribution in [3.8, 4) is 5.75 Å². The van der Waals surface area contributed by atoms with Crippen LogP contribution in [0.15, 0.2) is 64.4 Å². The van der Waals surface area contributed by atoms with Gasteiger partial charge in [0.2, 0.25) is 0 Å². The van der Waals surface area contributed by atoms with Crippen LogP contribution in [0.2, 0.25) is 0 Å². The maximum absolute atomic E-state index is 11.7. The van der Waals surface area contributed by atoms with Gasteiger partial charge >= 0.3 is 0 Å². The number of aliphatic carboxylic acids is 1. The SMILES string of the molecule is O=C([O-])CS(=O)(=O)c1ccc(OOSc2ccccc2)cc1. The number of carboxylic acid groups (broad SMARTS) is 1. The van der Waals surface area contributed by atoms with E-state index >= 15 is 0 Å². The third-order valence-corrected chi connectivity index (χ3v) is 4.70. The first-order chi connectivity index (χ1) is 10.5. The van der Waals surface area contributed by atoms with Crippen LogP contribution in [-0.2, 0) is 19.0 Å². The Kier molecular flexibility index (Phi) is 5.42. The van der Waals surface area contributed by atoms with Gasteiger partial charge in [0.25, 0.3) is 0 Å². The summed E-state index contributed by atoms with van der Waals surface area (Å²) in [6.45, 7) is 0. The molecule has 0 bridgehead atoms. The van der Waals surface area contributed by atoms with E-state index in [1.165, 1.54) is 24.3 Å². The molecule has 0 N–H and O–H groups in total. The number of carbonyl (C=O) groups is 1. The predicted molar refractivity (Wildman–Crippen MR) is 77.5 cm³/mol. The van der Waals surface area contributed by atoms with Crippen LogP contribution >= 0.6 is 12.0 Å². The Morgan fingerprint density at radius 1 is 1.05 bits per heavy atom. The molecule has 0 aliphatic rings. The third-order valence-electron chi connectivity index (χ3n) is 2.49. The van der Waals surface area contributed by atoms with Gasteiger partial charge in [-0.1, -0.05) is 18.2 Å².